The van der Waals surface area contributed by atoms with Crippen molar-refractivity contribution in [2.24, 2.45) is 0 Å². The van der Waals surface area contributed by atoms with Gasteiger partial charge >= 0.3 is 0 Å². The Morgan fingerprint density at radius 2 is 2.03 bits per heavy atom. The third kappa shape index (κ3) is 3.27. The van der Waals surface area contributed by atoms with Crippen molar-refractivity contribution >= 4 is 34.3 Å². The molecular formula is C21H18N6OS. The van der Waals surface area contributed by atoms with Gasteiger partial charge in [0.1, 0.15) is 5.82 Å². The van der Waals surface area contributed by atoms with Gasteiger partial charge in [0.2, 0.25) is 5.82 Å². The number of carbonyl (C=O) groups is 1. The summed E-state index contributed by atoms with van der Waals surface area (Å²) in [7, 11) is 0. The zero-order valence-corrected chi connectivity index (χ0v) is 16.3. The van der Waals surface area contributed by atoms with E-state index >= 15 is 0 Å². The second-order valence-electron chi connectivity index (χ2n) is 6.81. The zero-order valence-electron chi connectivity index (χ0n) is 15.5. The van der Waals surface area contributed by atoms with E-state index in [-0.39, 0.29) is 5.91 Å². The van der Waals surface area contributed by atoms with E-state index in [2.05, 4.69) is 33.3 Å². The number of rotatable bonds is 3. The van der Waals surface area contributed by atoms with Crippen LogP contribution in [-0.2, 0) is 0 Å². The number of carbonyl (C=O) groups excluding carboxylic acids is 1. The number of benzene rings is 1. The normalized spacial score (nSPS) is 14.2. The molecule has 0 atom stereocenters. The molecule has 8 heteroatoms. The molecule has 0 unspecified atom stereocenters. The van der Waals surface area contributed by atoms with Crippen LogP contribution in [0.1, 0.15) is 22.3 Å². The monoisotopic (exact) mass is 402 g/mol. The lowest BCUT2D eigenvalue weighted by molar-refractivity contribution is 0.0773. The number of hydrogen-bond donors (Lipinski definition) is 1. The lowest BCUT2D eigenvalue weighted by Crippen LogP contribution is -2.34. The molecule has 3 aromatic heterocycles. The standard InChI is InChI=1S/C21H18N6OS/c22-17-12-16(13-18-24-19(25-27(17)18)20-23-8-11-29-20)21(28)26-9-6-15(7-10-26)14-4-2-1-3-5-14/h1-6,8,11-13H,7,9-10,22H2. The number of aromatic nitrogens is 4. The quantitative estimate of drug-likeness (QED) is 0.568. The average Bonchev–Trinajstić information content (AvgIpc) is 3.44. The number of nitrogens with two attached hydrogens (primary N) is 1. The molecule has 0 aliphatic carbocycles. The maximum absolute atomic E-state index is 13.0. The first-order valence-corrected chi connectivity index (χ1v) is 10.2. The number of nitrogens with zero attached hydrogens (tertiary/aromatic N) is 5. The van der Waals surface area contributed by atoms with Gasteiger partial charge in [-0.15, -0.1) is 16.4 Å². The van der Waals surface area contributed by atoms with Crippen LogP contribution < -0.4 is 5.73 Å². The number of pyridine rings is 1. The molecule has 4 heterocycles. The minimum atomic E-state index is -0.0543. The highest BCUT2D eigenvalue weighted by molar-refractivity contribution is 7.13. The molecule has 0 saturated heterocycles. The van der Waals surface area contributed by atoms with E-state index in [0.29, 0.717) is 35.9 Å². The van der Waals surface area contributed by atoms with E-state index < -0.39 is 0 Å². The molecule has 0 bridgehead atoms. The van der Waals surface area contributed by atoms with E-state index in [1.807, 2.05) is 28.5 Å². The first-order valence-electron chi connectivity index (χ1n) is 9.29. The van der Waals surface area contributed by atoms with Crippen molar-refractivity contribution in [1.29, 1.82) is 0 Å². The third-order valence-corrected chi connectivity index (χ3v) is 5.75. The van der Waals surface area contributed by atoms with Crippen LogP contribution >= 0.6 is 11.3 Å². The van der Waals surface area contributed by atoms with Crippen LogP contribution in [-0.4, -0.2) is 43.5 Å². The predicted octanol–water partition coefficient (Wildman–Crippen LogP) is 3.36. The molecule has 7 nitrogen and oxygen atoms in total. The zero-order chi connectivity index (χ0) is 19.8. The summed E-state index contributed by atoms with van der Waals surface area (Å²) in [5, 5.41) is 6.99. The highest BCUT2D eigenvalue weighted by atomic mass is 32.1. The fourth-order valence-electron chi connectivity index (χ4n) is 3.51. The molecule has 0 fully saturated rings. The highest BCUT2D eigenvalue weighted by Gasteiger charge is 2.21. The van der Waals surface area contributed by atoms with Gasteiger partial charge in [-0.2, -0.15) is 4.52 Å². The molecule has 0 radical (unpaired) electrons. The first-order chi connectivity index (χ1) is 14.2. The van der Waals surface area contributed by atoms with E-state index in [4.69, 9.17) is 5.73 Å². The second kappa shape index (κ2) is 7.14. The summed E-state index contributed by atoms with van der Waals surface area (Å²) in [6.45, 7) is 1.24. The van der Waals surface area contributed by atoms with Gasteiger partial charge in [0.05, 0.1) is 0 Å². The molecule has 0 saturated carbocycles. The molecule has 144 valence electrons. The Labute approximate surface area is 171 Å². The first kappa shape index (κ1) is 17.6. The molecule has 0 spiro atoms. The van der Waals surface area contributed by atoms with Crippen LogP contribution in [0.5, 0.6) is 0 Å². The van der Waals surface area contributed by atoms with Crippen LogP contribution in [0.25, 0.3) is 22.1 Å². The molecule has 5 rings (SSSR count). The summed E-state index contributed by atoms with van der Waals surface area (Å²) in [6, 6.07) is 13.7. The highest BCUT2D eigenvalue weighted by Crippen LogP contribution is 2.25. The lowest BCUT2D eigenvalue weighted by Gasteiger charge is -2.27. The maximum Gasteiger partial charge on any atom is 0.254 e. The minimum absolute atomic E-state index is 0.0543. The van der Waals surface area contributed by atoms with Crippen molar-refractivity contribution in [3.63, 3.8) is 0 Å². The summed E-state index contributed by atoms with van der Waals surface area (Å²) in [5.41, 5.74) is 9.69. The van der Waals surface area contributed by atoms with Crippen LogP contribution in [0.4, 0.5) is 5.82 Å². The van der Waals surface area contributed by atoms with Gasteiger partial charge in [0.25, 0.3) is 5.91 Å². The van der Waals surface area contributed by atoms with E-state index in [1.165, 1.54) is 27.0 Å². The summed E-state index contributed by atoms with van der Waals surface area (Å²) >= 11 is 1.46. The second-order valence-corrected chi connectivity index (χ2v) is 7.70. The Kier molecular flexibility index (Phi) is 4.33. The van der Waals surface area contributed by atoms with Crippen molar-refractivity contribution < 1.29 is 4.79 Å². The number of hydrogen-bond acceptors (Lipinski definition) is 6. The van der Waals surface area contributed by atoms with Crippen LogP contribution in [0.3, 0.4) is 0 Å². The number of amides is 1. The Balaban J connectivity index is 1.41. The van der Waals surface area contributed by atoms with Gasteiger partial charge in [-0.25, -0.2) is 9.97 Å². The summed E-state index contributed by atoms with van der Waals surface area (Å²) in [5.74, 6) is 0.824. The molecule has 1 aromatic carbocycles. The van der Waals surface area contributed by atoms with Gasteiger partial charge < -0.3 is 10.6 Å². The summed E-state index contributed by atoms with van der Waals surface area (Å²) in [4.78, 5) is 23.6. The van der Waals surface area contributed by atoms with Gasteiger partial charge in [-0.1, -0.05) is 36.4 Å². The summed E-state index contributed by atoms with van der Waals surface area (Å²) < 4.78 is 1.54. The van der Waals surface area contributed by atoms with Crippen LogP contribution in [0.2, 0.25) is 0 Å². The van der Waals surface area contributed by atoms with Crippen molar-refractivity contribution in [1.82, 2.24) is 24.5 Å². The van der Waals surface area contributed by atoms with Gasteiger partial charge in [0.15, 0.2) is 10.7 Å². The van der Waals surface area contributed by atoms with Crippen molar-refractivity contribution in [3.05, 3.63) is 71.2 Å². The predicted molar refractivity (Wildman–Crippen MR) is 113 cm³/mol. The largest absolute Gasteiger partial charge is 0.384 e. The summed E-state index contributed by atoms with van der Waals surface area (Å²) in [6.07, 6.45) is 4.65. The molecular weight excluding hydrogens is 384 g/mol. The van der Waals surface area contributed by atoms with Gasteiger partial charge in [0, 0.05) is 30.2 Å². The SMILES string of the molecule is Nc1cc(C(=O)N2CC=C(c3ccccc3)CC2)cc2nc(-c3nccs3)nn12. The molecule has 1 aliphatic rings. The van der Waals surface area contributed by atoms with Gasteiger partial charge in [-0.05, 0) is 29.7 Å². The van der Waals surface area contributed by atoms with Crippen LogP contribution in [0, 0.1) is 0 Å². The van der Waals surface area contributed by atoms with Crippen molar-refractivity contribution in [2.75, 3.05) is 18.8 Å². The Morgan fingerprint density at radius 3 is 2.76 bits per heavy atom. The van der Waals surface area contributed by atoms with Crippen molar-refractivity contribution in [3.8, 4) is 10.8 Å². The Morgan fingerprint density at radius 1 is 1.17 bits per heavy atom. The fraction of sp³-hybridized carbons (Fsp3) is 0.143. The van der Waals surface area contributed by atoms with Crippen LogP contribution in [0.15, 0.2) is 60.1 Å². The maximum atomic E-state index is 13.0. The van der Waals surface area contributed by atoms with E-state index in [0.717, 1.165) is 11.4 Å². The minimum Gasteiger partial charge on any atom is -0.384 e. The molecule has 29 heavy (non-hydrogen) atoms. The average molecular weight is 402 g/mol. The number of anilines is 1. The number of thiazole rings is 1. The topological polar surface area (TPSA) is 89.4 Å². The van der Waals surface area contributed by atoms with Gasteiger partial charge in [-0.3, -0.25) is 4.79 Å². The number of nitrogen functional groups attached to an aromatic ring is 1. The molecule has 2 N–H and O–H groups in total. The number of fused-ring (bicyclic) bond motifs is 1. The van der Waals surface area contributed by atoms with E-state index in [9.17, 15) is 4.79 Å². The fourth-order valence-corrected chi connectivity index (χ4v) is 4.07. The smallest absolute Gasteiger partial charge is 0.254 e. The molecule has 1 aliphatic heterocycles. The molecule has 1 amide bonds. The van der Waals surface area contributed by atoms with Crippen molar-refractivity contribution in [2.45, 2.75) is 6.42 Å². The van der Waals surface area contributed by atoms with E-state index in [1.54, 1.807) is 18.3 Å². The molecule has 4 aromatic rings. The third-order valence-electron chi connectivity index (χ3n) is 4.98. The Hall–Kier alpha value is -3.52. The Bertz CT molecular complexity index is 1210. The lowest BCUT2D eigenvalue weighted by atomic mass is 9.99.